The largest absolute Gasteiger partial charge is 0.443 e. The topological polar surface area (TPSA) is 26.0 Å². The van der Waals surface area contributed by atoms with E-state index in [1.807, 2.05) is 0 Å². The molecule has 1 aromatic heterocycles. The molecule has 15 heavy (non-hydrogen) atoms. The molecule has 1 aromatic carbocycles. The Hall–Kier alpha value is -1.06. The lowest BCUT2D eigenvalue weighted by Gasteiger charge is -2.01. The summed E-state index contributed by atoms with van der Waals surface area (Å²) in [6.45, 7) is 0. The molecule has 1 heterocycles. The van der Waals surface area contributed by atoms with Crippen molar-refractivity contribution < 1.29 is 8.81 Å². The minimum Gasteiger partial charge on any atom is -0.443 e. The lowest BCUT2D eigenvalue weighted by Crippen LogP contribution is -1.85. The van der Waals surface area contributed by atoms with Crippen molar-refractivity contribution >= 4 is 23.2 Å². The predicted molar refractivity (Wildman–Crippen MR) is 56.5 cm³/mol. The van der Waals surface area contributed by atoms with Gasteiger partial charge in [0.05, 0.1) is 10.9 Å². The summed E-state index contributed by atoms with van der Waals surface area (Å²) in [6.07, 6.45) is 1.26. The van der Waals surface area contributed by atoms with Crippen molar-refractivity contribution in [2.75, 3.05) is 0 Å². The average molecular weight is 246 g/mol. The molecule has 0 bridgehead atoms. The molecule has 0 amide bonds. The van der Waals surface area contributed by atoms with Crippen LogP contribution in [0.1, 0.15) is 5.69 Å². The fourth-order valence-corrected chi connectivity index (χ4v) is 1.65. The van der Waals surface area contributed by atoms with Crippen LogP contribution >= 0.6 is 23.2 Å². The molecule has 0 spiro atoms. The Kier molecular flexibility index (Phi) is 2.93. The van der Waals surface area contributed by atoms with Crippen LogP contribution in [0.15, 0.2) is 29.0 Å². The molecule has 0 aliphatic heterocycles. The molecule has 0 saturated heterocycles. The van der Waals surface area contributed by atoms with Crippen LogP contribution < -0.4 is 0 Å². The first-order chi connectivity index (χ1) is 7.22. The first-order valence-corrected chi connectivity index (χ1v) is 5.07. The molecule has 2 rings (SSSR count). The molecule has 0 radical (unpaired) electrons. The van der Waals surface area contributed by atoms with Crippen molar-refractivity contribution in [3.63, 3.8) is 0 Å². The molecule has 78 valence electrons. The van der Waals surface area contributed by atoms with Crippen LogP contribution in [0.2, 0.25) is 5.02 Å². The predicted octanol–water partition coefficient (Wildman–Crippen LogP) is 3.87. The van der Waals surface area contributed by atoms with Gasteiger partial charge in [-0.15, -0.1) is 11.6 Å². The van der Waals surface area contributed by atoms with Gasteiger partial charge < -0.3 is 4.42 Å². The zero-order valence-corrected chi connectivity index (χ0v) is 9.02. The van der Waals surface area contributed by atoms with Gasteiger partial charge in [-0.25, -0.2) is 9.37 Å². The van der Waals surface area contributed by atoms with Crippen molar-refractivity contribution in [3.8, 4) is 11.3 Å². The monoisotopic (exact) mass is 245 g/mol. The lowest BCUT2D eigenvalue weighted by atomic mass is 10.1. The first kappa shape index (κ1) is 10.5. The van der Waals surface area contributed by atoms with E-state index in [2.05, 4.69) is 4.98 Å². The third-order valence-electron chi connectivity index (χ3n) is 1.94. The Morgan fingerprint density at radius 2 is 2.20 bits per heavy atom. The van der Waals surface area contributed by atoms with E-state index in [9.17, 15) is 4.39 Å². The quantitative estimate of drug-likeness (QED) is 0.751. The van der Waals surface area contributed by atoms with Crippen LogP contribution in [0.3, 0.4) is 0 Å². The molecule has 0 fully saturated rings. The van der Waals surface area contributed by atoms with Gasteiger partial charge in [-0.05, 0) is 18.2 Å². The number of hydrogen-bond acceptors (Lipinski definition) is 2. The number of oxazole rings is 1. The Balaban J connectivity index is 2.58. The van der Waals surface area contributed by atoms with Gasteiger partial charge in [0.1, 0.15) is 11.5 Å². The molecular weight excluding hydrogens is 240 g/mol. The molecular formula is C10H6Cl2FNO. The zero-order chi connectivity index (χ0) is 10.8. The standard InChI is InChI=1S/C10H6Cl2FNO/c11-4-9-10(15-5-14-9)7-3-6(13)1-2-8(7)12/h1-3,5H,4H2. The Morgan fingerprint density at radius 1 is 1.40 bits per heavy atom. The van der Waals surface area contributed by atoms with Gasteiger partial charge in [0.25, 0.3) is 0 Å². The number of alkyl halides is 1. The normalized spacial score (nSPS) is 10.6. The summed E-state index contributed by atoms with van der Waals surface area (Å²) in [5, 5.41) is 0.402. The third-order valence-corrected chi connectivity index (χ3v) is 2.52. The van der Waals surface area contributed by atoms with Gasteiger partial charge in [-0.3, -0.25) is 0 Å². The van der Waals surface area contributed by atoms with Crippen LogP contribution in [-0.2, 0) is 5.88 Å². The van der Waals surface area contributed by atoms with Crippen molar-refractivity contribution in [1.29, 1.82) is 0 Å². The van der Waals surface area contributed by atoms with Crippen molar-refractivity contribution in [2.24, 2.45) is 0 Å². The molecule has 0 N–H and O–H groups in total. The summed E-state index contributed by atoms with van der Waals surface area (Å²) in [7, 11) is 0. The maximum absolute atomic E-state index is 13.0. The summed E-state index contributed by atoms with van der Waals surface area (Å²) in [4.78, 5) is 3.90. The number of benzene rings is 1. The highest BCUT2D eigenvalue weighted by Gasteiger charge is 2.13. The fourth-order valence-electron chi connectivity index (χ4n) is 1.25. The summed E-state index contributed by atoms with van der Waals surface area (Å²) in [5.41, 5.74) is 1.01. The Morgan fingerprint density at radius 3 is 2.93 bits per heavy atom. The SMILES string of the molecule is Fc1ccc(Cl)c(-c2ocnc2CCl)c1. The second-order valence-electron chi connectivity index (χ2n) is 2.89. The molecule has 0 aliphatic carbocycles. The maximum atomic E-state index is 13.0. The molecule has 0 aliphatic rings. The smallest absolute Gasteiger partial charge is 0.181 e. The summed E-state index contributed by atoms with van der Waals surface area (Å²) < 4.78 is 18.2. The van der Waals surface area contributed by atoms with Crippen molar-refractivity contribution in [3.05, 3.63) is 41.1 Å². The average Bonchev–Trinajstić information content (AvgIpc) is 2.69. The van der Waals surface area contributed by atoms with Crippen LogP contribution in [0.4, 0.5) is 4.39 Å². The Labute approximate surface area is 95.6 Å². The Bertz CT molecular complexity index is 484. The second kappa shape index (κ2) is 4.21. The van der Waals surface area contributed by atoms with Gasteiger partial charge in [-0.2, -0.15) is 0 Å². The molecule has 2 nitrogen and oxygen atoms in total. The van der Waals surface area contributed by atoms with Gasteiger partial charge in [0, 0.05) is 5.56 Å². The minimum absolute atomic E-state index is 0.193. The number of hydrogen-bond donors (Lipinski definition) is 0. The third kappa shape index (κ3) is 1.98. The van der Waals surface area contributed by atoms with E-state index in [-0.39, 0.29) is 11.7 Å². The number of rotatable bonds is 2. The molecule has 0 atom stereocenters. The zero-order valence-electron chi connectivity index (χ0n) is 7.51. The fraction of sp³-hybridized carbons (Fsp3) is 0.100. The van der Waals surface area contributed by atoms with E-state index in [1.54, 1.807) is 0 Å². The van der Waals surface area contributed by atoms with Crippen LogP contribution in [-0.4, -0.2) is 4.98 Å². The first-order valence-electron chi connectivity index (χ1n) is 4.16. The van der Waals surface area contributed by atoms with E-state index in [4.69, 9.17) is 27.6 Å². The molecule has 5 heteroatoms. The van der Waals surface area contributed by atoms with Gasteiger partial charge in [0.2, 0.25) is 0 Å². The highest BCUT2D eigenvalue weighted by atomic mass is 35.5. The van der Waals surface area contributed by atoms with Gasteiger partial charge in [-0.1, -0.05) is 11.6 Å². The van der Waals surface area contributed by atoms with Crippen molar-refractivity contribution in [1.82, 2.24) is 4.98 Å². The van der Waals surface area contributed by atoms with Crippen molar-refractivity contribution in [2.45, 2.75) is 5.88 Å². The highest BCUT2D eigenvalue weighted by molar-refractivity contribution is 6.33. The maximum Gasteiger partial charge on any atom is 0.181 e. The summed E-state index contributed by atoms with van der Waals surface area (Å²) in [5.74, 6) is 0.222. The van der Waals surface area contributed by atoms with Gasteiger partial charge >= 0.3 is 0 Å². The van der Waals surface area contributed by atoms with E-state index in [0.717, 1.165) is 0 Å². The molecule has 0 unspecified atom stereocenters. The number of halogens is 3. The van der Waals surface area contributed by atoms with E-state index < -0.39 is 0 Å². The highest BCUT2D eigenvalue weighted by Crippen LogP contribution is 2.31. The molecule has 0 saturated carbocycles. The van der Waals surface area contributed by atoms with E-state index in [0.29, 0.717) is 22.0 Å². The van der Waals surface area contributed by atoms with Gasteiger partial charge in [0.15, 0.2) is 12.2 Å². The number of nitrogens with zero attached hydrogens (tertiary/aromatic N) is 1. The lowest BCUT2D eigenvalue weighted by molar-refractivity contribution is 0.569. The van der Waals surface area contributed by atoms with Crippen LogP contribution in [0.25, 0.3) is 11.3 Å². The van der Waals surface area contributed by atoms with E-state index in [1.165, 1.54) is 24.6 Å². The summed E-state index contributed by atoms with van der Waals surface area (Å²) in [6, 6.07) is 4.04. The molecule has 2 aromatic rings. The summed E-state index contributed by atoms with van der Waals surface area (Å²) >= 11 is 11.6. The van der Waals surface area contributed by atoms with Crippen LogP contribution in [0.5, 0.6) is 0 Å². The van der Waals surface area contributed by atoms with Crippen LogP contribution in [0, 0.1) is 5.82 Å². The second-order valence-corrected chi connectivity index (χ2v) is 3.56. The minimum atomic E-state index is -0.383. The number of aromatic nitrogens is 1. The van der Waals surface area contributed by atoms with E-state index >= 15 is 0 Å².